The van der Waals surface area contributed by atoms with Crippen molar-refractivity contribution in [1.29, 1.82) is 0 Å². The lowest BCUT2D eigenvalue weighted by Gasteiger charge is -2.18. The highest BCUT2D eigenvalue weighted by Gasteiger charge is 2.17. The van der Waals surface area contributed by atoms with Gasteiger partial charge in [-0.25, -0.2) is 0 Å². The average Bonchev–Trinajstić information content (AvgIpc) is 3.11. The summed E-state index contributed by atoms with van der Waals surface area (Å²) in [6.45, 7) is 7.85. The van der Waals surface area contributed by atoms with Crippen LogP contribution in [-0.2, 0) is 23.8 Å². The summed E-state index contributed by atoms with van der Waals surface area (Å²) in [6, 6.07) is 0. The lowest BCUT2D eigenvalue weighted by Crippen LogP contribution is -2.30. The van der Waals surface area contributed by atoms with Crippen LogP contribution in [0.5, 0.6) is 0 Å². The Bertz CT molecular complexity index is 680. The number of hydrogen-bond donors (Lipinski definition) is 0. The third-order valence-corrected chi connectivity index (χ3v) is 10.1. The van der Waals surface area contributed by atoms with E-state index in [-0.39, 0.29) is 18.5 Å². The first-order valence-electron chi connectivity index (χ1n) is 22.6. The molecule has 0 rings (SSSR count). The quantitative estimate of drug-likeness (QED) is 0.0466. The summed E-state index contributed by atoms with van der Waals surface area (Å²) in [4.78, 5) is 25.1. The Morgan fingerprint density at radius 3 is 1.02 bits per heavy atom. The molecule has 0 aliphatic rings. The second-order valence-electron chi connectivity index (χ2n) is 15.3. The van der Waals surface area contributed by atoms with Crippen molar-refractivity contribution in [2.45, 2.75) is 258 Å². The molecular weight excluding hydrogens is 620 g/mol. The molecule has 0 aliphatic heterocycles. The predicted octanol–water partition coefficient (Wildman–Crippen LogP) is 14.6. The molecule has 50 heavy (non-hydrogen) atoms. The molecule has 1 atom stereocenters. The van der Waals surface area contributed by atoms with Crippen LogP contribution in [0.3, 0.4) is 0 Å². The van der Waals surface area contributed by atoms with E-state index in [1.807, 2.05) is 0 Å². The molecule has 0 fully saturated rings. The summed E-state index contributed by atoms with van der Waals surface area (Å²) in [6.07, 6.45) is 43.8. The summed E-state index contributed by atoms with van der Waals surface area (Å²) in [5, 5.41) is 0. The molecule has 0 saturated heterocycles. The van der Waals surface area contributed by atoms with Gasteiger partial charge in [-0.1, -0.05) is 220 Å². The summed E-state index contributed by atoms with van der Waals surface area (Å²) in [5.74, 6) is -0.380. The molecule has 5 heteroatoms. The molecule has 0 radical (unpaired) electrons. The van der Waals surface area contributed by atoms with E-state index in [0.717, 1.165) is 32.1 Å². The van der Waals surface area contributed by atoms with Crippen LogP contribution in [0, 0.1) is 0 Å². The van der Waals surface area contributed by atoms with Crippen molar-refractivity contribution in [3.05, 3.63) is 0 Å². The van der Waals surface area contributed by atoms with E-state index in [9.17, 15) is 9.59 Å². The topological polar surface area (TPSA) is 61.8 Å². The van der Waals surface area contributed by atoms with E-state index in [1.54, 1.807) is 0 Å². The van der Waals surface area contributed by atoms with Crippen molar-refractivity contribution in [2.24, 2.45) is 0 Å². The summed E-state index contributed by atoms with van der Waals surface area (Å²) in [7, 11) is 0. The Labute approximate surface area is 312 Å². The molecule has 0 N–H and O–H groups in total. The van der Waals surface area contributed by atoms with Crippen LogP contribution in [0.2, 0.25) is 0 Å². The third-order valence-electron chi connectivity index (χ3n) is 10.1. The lowest BCUT2D eigenvalue weighted by atomic mass is 10.0. The van der Waals surface area contributed by atoms with Gasteiger partial charge in [-0.15, -0.1) is 0 Å². The second kappa shape index (κ2) is 42.3. The summed E-state index contributed by atoms with van der Waals surface area (Å²) < 4.78 is 17.3. The van der Waals surface area contributed by atoms with Crippen LogP contribution < -0.4 is 0 Å². The normalized spacial score (nSPS) is 12.0. The minimum absolute atomic E-state index is 0.0962. The highest BCUT2D eigenvalue weighted by Crippen LogP contribution is 2.15. The zero-order valence-corrected chi connectivity index (χ0v) is 34.2. The molecule has 0 saturated carbocycles. The van der Waals surface area contributed by atoms with Gasteiger partial charge in [0.15, 0.2) is 6.10 Å². The molecule has 0 aromatic carbocycles. The molecule has 0 aromatic heterocycles. The van der Waals surface area contributed by atoms with Crippen molar-refractivity contribution < 1.29 is 23.8 Å². The Morgan fingerprint density at radius 1 is 0.360 bits per heavy atom. The molecule has 0 bridgehead atoms. The molecule has 0 heterocycles. The number of hydrogen-bond acceptors (Lipinski definition) is 5. The minimum Gasteiger partial charge on any atom is -0.462 e. The van der Waals surface area contributed by atoms with Crippen LogP contribution in [0.25, 0.3) is 0 Å². The van der Waals surface area contributed by atoms with Gasteiger partial charge in [0.2, 0.25) is 0 Å². The van der Waals surface area contributed by atoms with Gasteiger partial charge in [0, 0.05) is 19.4 Å². The maximum absolute atomic E-state index is 12.7. The number of carbonyl (C=O) groups excluding carboxylic acids is 2. The number of carbonyl (C=O) groups is 2. The standard InChI is InChI=1S/C45H88O5/c1-4-7-10-13-16-19-21-22-23-24-26-27-29-32-35-38-44(46)49-42-43(41-48-40-37-34-31-18-15-12-9-6-3)50-45(47)39-36-33-30-28-25-20-17-14-11-8-5-2/h43H,4-42H2,1-3H3. The molecule has 0 aliphatic carbocycles. The van der Waals surface area contributed by atoms with Crippen LogP contribution >= 0.6 is 0 Å². The van der Waals surface area contributed by atoms with Crippen molar-refractivity contribution in [3.8, 4) is 0 Å². The van der Waals surface area contributed by atoms with E-state index in [1.165, 1.54) is 186 Å². The van der Waals surface area contributed by atoms with Crippen molar-refractivity contribution in [2.75, 3.05) is 19.8 Å². The monoisotopic (exact) mass is 709 g/mol. The fraction of sp³-hybridized carbons (Fsp3) is 0.956. The van der Waals surface area contributed by atoms with Crippen LogP contribution in [0.1, 0.15) is 252 Å². The third kappa shape index (κ3) is 39.7. The van der Waals surface area contributed by atoms with Crippen LogP contribution in [-0.4, -0.2) is 37.9 Å². The maximum Gasteiger partial charge on any atom is 0.306 e. The first-order valence-corrected chi connectivity index (χ1v) is 22.6. The molecule has 1 unspecified atom stereocenters. The number of esters is 2. The fourth-order valence-electron chi connectivity index (χ4n) is 6.75. The largest absolute Gasteiger partial charge is 0.462 e. The predicted molar refractivity (Wildman–Crippen MR) is 215 cm³/mol. The highest BCUT2D eigenvalue weighted by molar-refractivity contribution is 5.70. The smallest absolute Gasteiger partial charge is 0.306 e. The number of unbranched alkanes of at least 4 members (excludes halogenated alkanes) is 31. The summed E-state index contributed by atoms with van der Waals surface area (Å²) >= 11 is 0. The molecule has 0 amide bonds. The van der Waals surface area contributed by atoms with Gasteiger partial charge in [0.25, 0.3) is 0 Å². The maximum atomic E-state index is 12.7. The second-order valence-corrected chi connectivity index (χ2v) is 15.3. The van der Waals surface area contributed by atoms with E-state index in [0.29, 0.717) is 26.1 Å². The lowest BCUT2D eigenvalue weighted by molar-refractivity contribution is -0.163. The molecule has 0 aromatic rings. The van der Waals surface area contributed by atoms with Crippen molar-refractivity contribution >= 4 is 11.9 Å². The molecule has 5 nitrogen and oxygen atoms in total. The first kappa shape index (κ1) is 48.9. The Morgan fingerprint density at radius 2 is 0.660 bits per heavy atom. The van der Waals surface area contributed by atoms with E-state index < -0.39 is 6.10 Å². The summed E-state index contributed by atoms with van der Waals surface area (Å²) in [5.41, 5.74) is 0. The Hall–Kier alpha value is -1.10. The molecule has 298 valence electrons. The van der Waals surface area contributed by atoms with E-state index >= 15 is 0 Å². The van der Waals surface area contributed by atoms with Crippen molar-refractivity contribution in [1.82, 2.24) is 0 Å². The van der Waals surface area contributed by atoms with Crippen LogP contribution in [0.4, 0.5) is 0 Å². The average molecular weight is 709 g/mol. The van der Waals surface area contributed by atoms with Crippen LogP contribution in [0.15, 0.2) is 0 Å². The van der Waals surface area contributed by atoms with E-state index in [2.05, 4.69) is 20.8 Å². The van der Waals surface area contributed by atoms with Gasteiger partial charge in [-0.3, -0.25) is 9.59 Å². The Balaban J connectivity index is 4.12. The number of ether oxygens (including phenoxy) is 3. The van der Waals surface area contributed by atoms with Gasteiger partial charge < -0.3 is 14.2 Å². The zero-order chi connectivity index (χ0) is 36.4. The molecule has 0 spiro atoms. The van der Waals surface area contributed by atoms with Gasteiger partial charge in [0.1, 0.15) is 6.61 Å². The SMILES string of the molecule is CCCCCCCCCCCCCCCCCC(=O)OCC(COCCCCCCCCCC)OC(=O)CCCCCCCCCCCCC. The van der Waals surface area contributed by atoms with Gasteiger partial charge >= 0.3 is 11.9 Å². The highest BCUT2D eigenvalue weighted by atomic mass is 16.6. The van der Waals surface area contributed by atoms with E-state index in [4.69, 9.17) is 14.2 Å². The van der Waals surface area contributed by atoms with Gasteiger partial charge in [0.05, 0.1) is 6.61 Å². The molecular formula is C45H88O5. The minimum atomic E-state index is -0.519. The first-order chi connectivity index (χ1) is 24.6. The fourth-order valence-corrected chi connectivity index (χ4v) is 6.75. The van der Waals surface area contributed by atoms with Crippen molar-refractivity contribution in [3.63, 3.8) is 0 Å². The number of rotatable bonds is 42. The van der Waals surface area contributed by atoms with Gasteiger partial charge in [-0.2, -0.15) is 0 Å². The zero-order valence-electron chi connectivity index (χ0n) is 34.2. The Kier molecular flexibility index (Phi) is 41.4. The van der Waals surface area contributed by atoms with Gasteiger partial charge in [-0.05, 0) is 19.3 Å².